The summed E-state index contributed by atoms with van der Waals surface area (Å²) in [4.78, 5) is 24.3. The summed E-state index contributed by atoms with van der Waals surface area (Å²) in [5.41, 5.74) is 0. The lowest BCUT2D eigenvalue weighted by atomic mass is 10.1. The highest BCUT2D eigenvalue weighted by atomic mass is 79.9. The molecule has 1 N–H and O–H groups in total. The highest BCUT2D eigenvalue weighted by Gasteiger charge is 2.19. The Morgan fingerprint density at radius 1 is 1.48 bits per heavy atom. The smallest absolute Gasteiger partial charge is 0.308 e. The van der Waals surface area contributed by atoms with Crippen LogP contribution in [0, 0.1) is 5.92 Å². The summed E-state index contributed by atoms with van der Waals surface area (Å²) in [6.07, 6.45) is 0. The molecule has 0 aliphatic heterocycles. The van der Waals surface area contributed by atoms with E-state index in [4.69, 9.17) is 21.4 Å². The highest BCUT2D eigenvalue weighted by molar-refractivity contribution is 9.10. The van der Waals surface area contributed by atoms with E-state index in [1.807, 2.05) is 0 Å². The molecular weight excluding hydrogens is 362 g/mol. The van der Waals surface area contributed by atoms with Crippen LogP contribution in [0.15, 0.2) is 22.7 Å². The van der Waals surface area contributed by atoms with E-state index < -0.39 is 11.9 Å². The summed E-state index contributed by atoms with van der Waals surface area (Å²) >= 11 is 9.28. The van der Waals surface area contributed by atoms with Gasteiger partial charge in [0.05, 0.1) is 10.9 Å². The van der Waals surface area contributed by atoms with Gasteiger partial charge in [-0.25, -0.2) is 0 Å². The van der Waals surface area contributed by atoms with Gasteiger partial charge in [-0.1, -0.05) is 34.5 Å². The molecule has 1 amide bonds. The van der Waals surface area contributed by atoms with Crippen LogP contribution in [0.2, 0.25) is 5.02 Å². The quantitative estimate of drug-likeness (QED) is 0.792. The topological polar surface area (TPSA) is 66.8 Å². The Morgan fingerprint density at radius 3 is 2.67 bits per heavy atom. The lowest BCUT2D eigenvalue weighted by Crippen LogP contribution is -2.39. The minimum Gasteiger partial charge on any atom is -0.482 e. The third-order valence-electron chi connectivity index (χ3n) is 2.90. The van der Waals surface area contributed by atoms with Crippen molar-refractivity contribution < 1.29 is 19.4 Å². The van der Waals surface area contributed by atoms with Crippen molar-refractivity contribution in [1.82, 2.24) is 4.90 Å². The number of carbonyl (C=O) groups excluding carboxylic acids is 1. The molecule has 0 heterocycles. The second-order valence-electron chi connectivity index (χ2n) is 4.54. The van der Waals surface area contributed by atoms with Gasteiger partial charge in [0.2, 0.25) is 0 Å². The molecule has 5 nitrogen and oxygen atoms in total. The third-order valence-corrected chi connectivity index (χ3v) is 3.68. The number of nitrogens with zero attached hydrogens (tertiary/aromatic N) is 1. The molecule has 0 aromatic heterocycles. The molecule has 0 bridgehead atoms. The van der Waals surface area contributed by atoms with Gasteiger partial charge in [0.15, 0.2) is 6.61 Å². The van der Waals surface area contributed by atoms with E-state index >= 15 is 0 Å². The first-order chi connectivity index (χ1) is 9.85. The molecule has 7 heteroatoms. The van der Waals surface area contributed by atoms with Crippen molar-refractivity contribution >= 4 is 39.4 Å². The summed E-state index contributed by atoms with van der Waals surface area (Å²) in [5.74, 6) is -1.41. The van der Waals surface area contributed by atoms with Gasteiger partial charge in [-0.15, -0.1) is 0 Å². The zero-order valence-electron chi connectivity index (χ0n) is 11.8. The van der Waals surface area contributed by atoms with Crippen LogP contribution in [0.4, 0.5) is 0 Å². The molecule has 0 aliphatic rings. The van der Waals surface area contributed by atoms with Crippen molar-refractivity contribution in [2.24, 2.45) is 5.92 Å². The van der Waals surface area contributed by atoms with Crippen LogP contribution in [0.1, 0.15) is 13.8 Å². The number of likely N-dealkylation sites (N-methyl/N-ethyl adjacent to an activating group) is 1. The van der Waals surface area contributed by atoms with Gasteiger partial charge in [0, 0.05) is 17.6 Å². The lowest BCUT2D eigenvalue weighted by Gasteiger charge is -2.23. The molecule has 1 atom stereocenters. The number of amides is 1. The second kappa shape index (κ2) is 8.24. The Hall–Kier alpha value is -1.27. The van der Waals surface area contributed by atoms with Gasteiger partial charge < -0.3 is 14.7 Å². The normalized spacial score (nSPS) is 11.8. The number of carbonyl (C=O) groups is 2. The molecule has 0 spiro atoms. The van der Waals surface area contributed by atoms with Gasteiger partial charge in [0.1, 0.15) is 5.75 Å². The molecule has 0 saturated heterocycles. The van der Waals surface area contributed by atoms with Crippen LogP contribution in [0.5, 0.6) is 5.75 Å². The molecule has 0 fully saturated rings. The summed E-state index contributed by atoms with van der Waals surface area (Å²) in [6, 6.07) is 5.09. The fraction of sp³-hybridized carbons (Fsp3) is 0.429. The average Bonchev–Trinajstić information content (AvgIpc) is 2.43. The van der Waals surface area contributed by atoms with Crippen molar-refractivity contribution in [3.05, 3.63) is 27.7 Å². The molecule has 1 unspecified atom stereocenters. The standard InChI is InChI=1S/C14H17BrClNO4/c1-3-17(7-9(2)14(19)20)13(18)8-21-12-5-4-10(15)6-11(12)16/h4-6,9H,3,7-8H2,1-2H3,(H,19,20). The maximum absolute atomic E-state index is 12.0. The Labute approximate surface area is 137 Å². The number of carboxylic acid groups (broad SMARTS) is 1. The first kappa shape index (κ1) is 17.8. The number of aliphatic carboxylic acids is 1. The maximum Gasteiger partial charge on any atom is 0.308 e. The molecule has 0 saturated carbocycles. The maximum atomic E-state index is 12.0. The summed E-state index contributed by atoms with van der Waals surface area (Å²) < 4.78 is 6.20. The number of hydrogen-bond acceptors (Lipinski definition) is 3. The Kier molecular flexibility index (Phi) is 6.98. The SMILES string of the molecule is CCN(CC(C)C(=O)O)C(=O)COc1ccc(Br)cc1Cl. The Balaban J connectivity index is 2.60. The van der Waals surface area contributed by atoms with E-state index in [1.165, 1.54) is 4.90 Å². The molecule has 116 valence electrons. The molecule has 1 aromatic rings. The van der Waals surface area contributed by atoms with E-state index in [2.05, 4.69) is 15.9 Å². The first-order valence-electron chi connectivity index (χ1n) is 6.43. The van der Waals surface area contributed by atoms with Gasteiger partial charge in [-0.3, -0.25) is 9.59 Å². The van der Waals surface area contributed by atoms with Crippen LogP contribution in [0.25, 0.3) is 0 Å². The molecule has 1 aromatic carbocycles. The number of hydrogen-bond donors (Lipinski definition) is 1. The molecule has 0 aliphatic carbocycles. The fourth-order valence-corrected chi connectivity index (χ4v) is 2.37. The monoisotopic (exact) mass is 377 g/mol. The fourth-order valence-electron chi connectivity index (χ4n) is 1.64. The number of ether oxygens (including phenoxy) is 1. The van der Waals surface area contributed by atoms with Crippen molar-refractivity contribution in [1.29, 1.82) is 0 Å². The van der Waals surface area contributed by atoms with Crippen molar-refractivity contribution in [3.8, 4) is 5.75 Å². The molecule has 1 rings (SSSR count). The zero-order valence-corrected chi connectivity index (χ0v) is 14.1. The predicted octanol–water partition coefficient (Wildman–Crippen LogP) is 3.05. The average molecular weight is 379 g/mol. The molecule has 0 radical (unpaired) electrons. The number of benzene rings is 1. The summed E-state index contributed by atoms with van der Waals surface area (Å²) in [5, 5.41) is 9.29. The van der Waals surface area contributed by atoms with Crippen molar-refractivity contribution in [3.63, 3.8) is 0 Å². The van der Waals surface area contributed by atoms with E-state index in [1.54, 1.807) is 32.0 Å². The van der Waals surface area contributed by atoms with Crippen LogP contribution >= 0.6 is 27.5 Å². The largest absolute Gasteiger partial charge is 0.482 e. The number of carboxylic acids is 1. The lowest BCUT2D eigenvalue weighted by molar-refractivity contribution is -0.143. The Bertz CT molecular complexity index is 524. The molecule has 21 heavy (non-hydrogen) atoms. The second-order valence-corrected chi connectivity index (χ2v) is 5.86. The van der Waals surface area contributed by atoms with Crippen LogP contribution in [0.3, 0.4) is 0 Å². The van der Waals surface area contributed by atoms with Gasteiger partial charge >= 0.3 is 5.97 Å². The van der Waals surface area contributed by atoms with E-state index in [0.717, 1.165) is 4.47 Å². The first-order valence-corrected chi connectivity index (χ1v) is 7.60. The third kappa shape index (κ3) is 5.55. The Morgan fingerprint density at radius 2 is 2.14 bits per heavy atom. The van der Waals surface area contributed by atoms with Gasteiger partial charge in [-0.05, 0) is 25.1 Å². The van der Waals surface area contributed by atoms with Crippen molar-refractivity contribution in [2.45, 2.75) is 13.8 Å². The van der Waals surface area contributed by atoms with Gasteiger partial charge in [-0.2, -0.15) is 0 Å². The minimum absolute atomic E-state index is 0.155. The highest BCUT2D eigenvalue weighted by Crippen LogP contribution is 2.27. The summed E-state index contributed by atoms with van der Waals surface area (Å²) in [7, 11) is 0. The minimum atomic E-state index is -0.932. The predicted molar refractivity (Wildman–Crippen MR) is 83.7 cm³/mol. The summed E-state index contributed by atoms with van der Waals surface area (Å²) in [6.45, 7) is 3.75. The van der Waals surface area contributed by atoms with E-state index in [9.17, 15) is 9.59 Å². The van der Waals surface area contributed by atoms with Crippen LogP contribution in [-0.4, -0.2) is 41.6 Å². The van der Waals surface area contributed by atoms with Gasteiger partial charge in [0.25, 0.3) is 5.91 Å². The van der Waals surface area contributed by atoms with Crippen LogP contribution in [-0.2, 0) is 9.59 Å². The number of rotatable bonds is 7. The van der Waals surface area contributed by atoms with Crippen LogP contribution < -0.4 is 4.74 Å². The zero-order chi connectivity index (χ0) is 16.0. The van der Waals surface area contributed by atoms with Crippen molar-refractivity contribution in [2.75, 3.05) is 19.7 Å². The molecular formula is C14H17BrClNO4. The van der Waals surface area contributed by atoms with E-state index in [0.29, 0.717) is 17.3 Å². The van der Waals surface area contributed by atoms with E-state index in [-0.39, 0.29) is 19.1 Å². The number of halogens is 2.